The quantitative estimate of drug-likeness (QED) is 0.459. The standard InChI is InChI=1S/C20H21ClN4OS/c1-25-19(16-9-11-17(21)12-10-16)23-24-20(25)27-14-18(26)22-13-5-8-15-6-3-2-4-7-15/h2-4,6-7,9-12H,5,8,13-14H2,1H3,(H,22,26). The SMILES string of the molecule is Cn1c(SCC(=O)NCCCc2ccccc2)nnc1-c1ccc(Cl)cc1. The van der Waals surface area contributed by atoms with Crippen LogP contribution in [0.5, 0.6) is 0 Å². The summed E-state index contributed by atoms with van der Waals surface area (Å²) in [6, 6.07) is 17.7. The highest BCUT2D eigenvalue weighted by Crippen LogP contribution is 2.23. The molecule has 7 heteroatoms. The van der Waals surface area contributed by atoms with Crippen molar-refractivity contribution in [2.24, 2.45) is 7.05 Å². The molecule has 3 rings (SSSR count). The topological polar surface area (TPSA) is 59.8 Å². The lowest BCUT2D eigenvalue weighted by molar-refractivity contribution is -0.118. The average Bonchev–Trinajstić information content (AvgIpc) is 3.05. The van der Waals surface area contributed by atoms with Gasteiger partial charge in [-0.25, -0.2) is 0 Å². The molecular formula is C20H21ClN4OS. The van der Waals surface area contributed by atoms with Gasteiger partial charge in [0.05, 0.1) is 5.75 Å². The Morgan fingerprint density at radius 3 is 2.59 bits per heavy atom. The number of hydrogen-bond acceptors (Lipinski definition) is 4. The first-order chi connectivity index (χ1) is 13.1. The molecule has 1 amide bonds. The predicted molar refractivity (Wildman–Crippen MR) is 110 cm³/mol. The van der Waals surface area contributed by atoms with Crippen molar-refractivity contribution in [3.8, 4) is 11.4 Å². The monoisotopic (exact) mass is 400 g/mol. The number of nitrogens with one attached hydrogen (secondary N) is 1. The van der Waals surface area contributed by atoms with Crippen molar-refractivity contribution in [3.63, 3.8) is 0 Å². The highest BCUT2D eigenvalue weighted by molar-refractivity contribution is 7.99. The van der Waals surface area contributed by atoms with Crippen molar-refractivity contribution in [1.29, 1.82) is 0 Å². The number of aryl methyl sites for hydroxylation is 1. The molecule has 140 valence electrons. The second-order valence-corrected chi connectivity index (χ2v) is 7.48. The van der Waals surface area contributed by atoms with E-state index < -0.39 is 0 Å². The number of thioether (sulfide) groups is 1. The summed E-state index contributed by atoms with van der Waals surface area (Å²) in [5.74, 6) is 1.07. The van der Waals surface area contributed by atoms with E-state index in [4.69, 9.17) is 11.6 Å². The lowest BCUT2D eigenvalue weighted by Crippen LogP contribution is -2.26. The Morgan fingerprint density at radius 1 is 1.11 bits per heavy atom. The van der Waals surface area contributed by atoms with Crippen molar-refractivity contribution in [2.45, 2.75) is 18.0 Å². The van der Waals surface area contributed by atoms with E-state index in [0.29, 0.717) is 22.5 Å². The fourth-order valence-corrected chi connectivity index (χ4v) is 3.50. The normalized spacial score (nSPS) is 10.7. The number of amides is 1. The largest absolute Gasteiger partial charge is 0.355 e. The van der Waals surface area contributed by atoms with Crippen molar-refractivity contribution in [1.82, 2.24) is 20.1 Å². The van der Waals surface area contributed by atoms with E-state index in [1.54, 1.807) is 0 Å². The first-order valence-electron chi connectivity index (χ1n) is 8.72. The minimum Gasteiger partial charge on any atom is -0.355 e. The summed E-state index contributed by atoms with van der Waals surface area (Å²) in [7, 11) is 1.89. The second-order valence-electron chi connectivity index (χ2n) is 6.10. The Hall–Kier alpha value is -2.31. The predicted octanol–water partition coefficient (Wildman–Crippen LogP) is 3.98. The van der Waals surface area contributed by atoms with Gasteiger partial charge < -0.3 is 9.88 Å². The lowest BCUT2D eigenvalue weighted by atomic mass is 10.1. The van der Waals surface area contributed by atoms with Crippen LogP contribution in [-0.4, -0.2) is 33.0 Å². The van der Waals surface area contributed by atoms with E-state index in [9.17, 15) is 4.79 Å². The minimum atomic E-state index is 0.00380. The van der Waals surface area contributed by atoms with Crippen LogP contribution in [0.3, 0.4) is 0 Å². The van der Waals surface area contributed by atoms with Gasteiger partial charge in [0, 0.05) is 24.2 Å². The number of carbonyl (C=O) groups is 1. The maximum absolute atomic E-state index is 12.0. The van der Waals surface area contributed by atoms with E-state index >= 15 is 0 Å². The van der Waals surface area contributed by atoms with Crippen LogP contribution in [0.1, 0.15) is 12.0 Å². The number of nitrogens with zero attached hydrogens (tertiary/aromatic N) is 3. The molecule has 5 nitrogen and oxygen atoms in total. The molecule has 0 radical (unpaired) electrons. The molecule has 0 saturated heterocycles. The van der Waals surface area contributed by atoms with Gasteiger partial charge in [-0.1, -0.05) is 53.7 Å². The molecule has 0 aliphatic rings. The lowest BCUT2D eigenvalue weighted by Gasteiger charge is -2.06. The number of aromatic nitrogens is 3. The Balaban J connectivity index is 1.44. The molecule has 2 aromatic carbocycles. The summed E-state index contributed by atoms with van der Waals surface area (Å²) < 4.78 is 1.89. The highest BCUT2D eigenvalue weighted by atomic mass is 35.5. The van der Waals surface area contributed by atoms with Crippen molar-refractivity contribution >= 4 is 29.3 Å². The van der Waals surface area contributed by atoms with Crippen molar-refractivity contribution in [3.05, 3.63) is 65.2 Å². The second kappa shape index (κ2) is 9.58. The first kappa shape index (κ1) is 19.5. The molecule has 0 aliphatic carbocycles. The molecular weight excluding hydrogens is 380 g/mol. The Labute approximate surface area is 168 Å². The summed E-state index contributed by atoms with van der Waals surface area (Å²) in [6.45, 7) is 0.670. The van der Waals surface area contributed by atoms with Crippen LogP contribution >= 0.6 is 23.4 Å². The van der Waals surface area contributed by atoms with Crippen LogP contribution in [0.15, 0.2) is 59.8 Å². The zero-order chi connectivity index (χ0) is 19.1. The van der Waals surface area contributed by atoms with Crippen LogP contribution < -0.4 is 5.32 Å². The van der Waals surface area contributed by atoms with Gasteiger partial charge in [0.2, 0.25) is 5.91 Å². The van der Waals surface area contributed by atoms with Gasteiger partial charge in [0.15, 0.2) is 11.0 Å². The van der Waals surface area contributed by atoms with Gasteiger partial charge in [-0.05, 0) is 42.7 Å². The van der Waals surface area contributed by atoms with Crippen LogP contribution in [0.4, 0.5) is 0 Å². The van der Waals surface area contributed by atoms with Gasteiger partial charge >= 0.3 is 0 Å². The van der Waals surface area contributed by atoms with Gasteiger partial charge in [-0.15, -0.1) is 10.2 Å². The molecule has 0 fully saturated rings. The third-order valence-electron chi connectivity index (χ3n) is 4.08. The van der Waals surface area contributed by atoms with Gasteiger partial charge in [0.1, 0.15) is 0 Å². The fraction of sp³-hybridized carbons (Fsp3) is 0.250. The van der Waals surface area contributed by atoms with Crippen LogP contribution in [0, 0.1) is 0 Å². The van der Waals surface area contributed by atoms with E-state index in [1.165, 1.54) is 17.3 Å². The van der Waals surface area contributed by atoms with Gasteiger partial charge in [-0.2, -0.15) is 0 Å². The van der Waals surface area contributed by atoms with Gasteiger partial charge in [0.25, 0.3) is 0 Å². The molecule has 0 bridgehead atoms. The van der Waals surface area contributed by atoms with E-state index in [-0.39, 0.29) is 5.91 Å². The molecule has 0 spiro atoms. The molecule has 27 heavy (non-hydrogen) atoms. The first-order valence-corrected chi connectivity index (χ1v) is 10.1. The summed E-state index contributed by atoms with van der Waals surface area (Å²) in [4.78, 5) is 12.0. The van der Waals surface area contributed by atoms with Crippen molar-refractivity contribution in [2.75, 3.05) is 12.3 Å². The van der Waals surface area contributed by atoms with Crippen LogP contribution in [0.2, 0.25) is 5.02 Å². The van der Waals surface area contributed by atoms with E-state index in [1.807, 2.05) is 54.1 Å². The van der Waals surface area contributed by atoms with Crippen LogP contribution in [-0.2, 0) is 18.3 Å². The van der Waals surface area contributed by atoms with E-state index in [2.05, 4.69) is 27.6 Å². The average molecular weight is 401 g/mol. The Kier molecular flexibility index (Phi) is 6.90. The number of carbonyl (C=O) groups excluding carboxylic acids is 1. The maximum Gasteiger partial charge on any atom is 0.230 e. The Morgan fingerprint density at radius 2 is 1.85 bits per heavy atom. The summed E-state index contributed by atoms with van der Waals surface area (Å²) in [6.07, 6.45) is 1.88. The van der Waals surface area contributed by atoms with Crippen LogP contribution in [0.25, 0.3) is 11.4 Å². The van der Waals surface area contributed by atoms with Crippen molar-refractivity contribution < 1.29 is 4.79 Å². The molecule has 1 N–H and O–H groups in total. The third-order valence-corrected chi connectivity index (χ3v) is 5.35. The zero-order valence-corrected chi connectivity index (χ0v) is 16.6. The van der Waals surface area contributed by atoms with Gasteiger partial charge in [-0.3, -0.25) is 4.79 Å². The fourth-order valence-electron chi connectivity index (χ4n) is 2.64. The molecule has 0 aliphatic heterocycles. The van der Waals surface area contributed by atoms with E-state index in [0.717, 1.165) is 24.2 Å². The Bertz CT molecular complexity index is 881. The molecule has 1 heterocycles. The zero-order valence-electron chi connectivity index (χ0n) is 15.1. The number of benzene rings is 2. The highest BCUT2D eigenvalue weighted by Gasteiger charge is 2.12. The molecule has 3 aromatic rings. The summed E-state index contributed by atoms with van der Waals surface area (Å²) >= 11 is 7.30. The molecule has 0 atom stereocenters. The number of halogens is 1. The smallest absolute Gasteiger partial charge is 0.230 e. The number of rotatable bonds is 8. The minimum absolute atomic E-state index is 0.00380. The summed E-state index contributed by atoms with van der Waals surface area (Å²) in [5, 5.41) is 12.7. The summed E-state index contributed by atoms with van der Waals surface area (Å²) in [5.41, 5.74) is 2.22. The molecule has 1 aromatic heterocycles. The molecule has 0 unspecified atom stereocenters. The number of hydrogen-bond donors (Lipinski definition) is 1. The maximum atomic E-state index is 12.0. The molecule has 0 saturated carbocycles. The third kappa shape index (κ3) is 5.58.